The molecule has 2 rings (SSSR count). The monoisotopic (exact) mass is 587 g/mol. The van der Waals surface area contributed by atoms with Crippen LogP contribution in [-0.2, 0) is 36.8 Å². The third-order valence-electron chi connectivity index (χ3n) is 6.10. The summed E-state index contributed by atoms with van der Waals surface area (Å²) >= 11 is 0. The quantitative estimate of drug-likeness (QED) is 0.0583. The Morgan fingerprint density at radius 2 is 1.88 bits per heavy atom. The summed E-state index contributed by atoms with van der Waals surface area (Å²) in [6.07, 6.45) is 4.35. The second kappa shape index (κ2) is 20.8. The van der Waals surface area contributed by atoms with Gasteiger partial charge in [-0.1, -0.05) is 17.3 Å². The van der Waals surface area contributed by atoms with Crippen molar-refractivity contribution >= 4 is 24.6 Å². The summed E-state index contributed by atoms with van der Waals surface area (Å²) in [6, 6.07) is 5.66. The number of aliphatic carboxylic acids is 1. The van der Waals surface area contributed by atoms with Gasteiger partial charge in [-0.2, -0.15) is 0 Å². The average Bonchev–Trinajstić information content (AvgIpc) is 3.10. The van der Waals surface area contributed by atoms with E-state index in [-0.39, 0.29) is 25.5 Å². The third kappa shape index (κ3) is 13.6. The number of carboxylic acids is 1. The standard InChI is InChI=1S/C28H41N7O7/c1-3-7-31-28(30-2)32-8-4-11-42-25-6-5-22-18-23(20-26(36)37)27(38)35(21-24(22)19-25)10-13-40-15-17-41-16-14-39-12-9-33-34-29/h3,5-7,19,23H,2,4,8-18,20-21H2,1H3,(H,31,32)(H,36,37)/b7-3-/t23-/m0/s1. The molecule has 0 bridgehead atoms. The van der Waals surface area contributed by atoms with Crippen LogP contribution in [-0.4, -0.2) is 100 Å². The fraction of sp³-hybridized carbons (Fsp3) is 0.571. The molecule has 1 aromatic rings. The van der Waals surface area contributed by atoms with Crippen LogP contribution >= 0.6 is 0 Å². The molecule has 1 atom stereocenters. The van der Waals surface area contributed by atoms with Crippen molar-refractivity contribution in [1.82, 2.24) is 10.2 Å². The molecule has 0 aliphatic carbocycles. The predicted octanol–water partition coefficient (Wildman–Crippen LogP) is 2.97. The van der Waals surface area contributed by atoms with Crippen LogP contribution in [0.25, 0.3) is 10.4 Å². The number of guanidine groups is 1. The summed E-state index contributed by atoms with van der Waals surface area (Å²) in [7, 11) is 0. The maximum atomic E-state index is 13.2. The minimum absolute atomic E-state index is 0.204. The van der Waals surface area contributed by atoms with Crippen LogP contribution in [0.1, 0.15) is 30.9 Å². The zero-order valence-electron chi connectivity index (χ0n) is 24.2. The summed E-state index contributed by atoms with van der Waals surface area (Å²) in [5.41, 5.74) is 10.1. The number of hydrogen-bond acceptors (Lipinski definition) is 8. The molecule has 0 spiro atoms. The van der Waals surface area contributed by atoms with Gasteiger partial charge in [-0.25, -0.2) is 4.99 Å². The second-order valence-corrected chi connectivity index (χ2v) is 9.19. The van der Waals surface area contributed by atoms with Crippen LogP contribution in [0.5, 0.6) is 5.75 Å². The van der Waals surface area contributed by atoms with Crippen molar-refractivity contribution in [3.63, 3.8) is 0 Å². The molecular weight excluding hydrogens is 546 g/mol. The highest BCUT2D eigenvalue weighted by Crippen LogP contribution is 2.28. The van der Waals surface area contributed by atoms with Gasteiger partial charge in [0.15, 0.2) is 0 Å². The van der Waals surface area contributed by atoms with Gasteiger partial charge >= 0.3 is 5.97 Å². The van der Waals surface area contributed by atoms with Gasteiger partial charge in [0, 0.05) is 37.5 Å². The van der Waals surface area contributed by atoms with E-state index in [1.807, 2.05) is 31.2 Å². The number of benzene rings is 1. The first kappa shape index (κ1) is 34.2. The average molecular weight is 588 g/mol. The molecule has 0 radical (unpaired) electrons. The van der Waals surface area contributed by atoms with Gasteiger partial charge < -0.3 is 34.3 Å². The molecule has 42 heavy (non-hydrogen) atoms. The number of carboxylic acid groups (broad SMARTS) is 1. The van der Waals surface area contributed by atoms with E-state index < -0.39 is 11.9 Å². The maximum absolute atomic E-state index is 13.2. The Morgan fingerprint density at radius 1 is 1.14 bits per heavy atom. The lowest BCUT2D eigenvalue weighted by atomic mass is 9.94. The van der Waals surface area contributed by atoms with E-state index in [4.69, 9.17) is 24.5 Å². The molecule has 0 fully saturated rings. The molecule has 2 N–H and O–H groups in total. The van der Waals surface area contributed by atoms with Crippen molar-refractivity contribution < 1.29 is 33.6 Å². The van der Waals surface area contributed by atoms with Crippen LogP contribution < -0.4 is 10.1 Å². The van der Waals surface area contributed by atoms with Crippen LogP contribution in [0.15, 0.2) is 45.6 Å². The van der Waals surface area contributed by atoms with Crippen molar-refractivity contribution in [3.05, 3.63) is 52.0 Å². The fourth-order valence-corrected chi connectivity index (χ4v) is 4.10. The van der Waals surface area contributed by atoms with Crippen molar-refractivity contribution in [3.8, 4) is 5.75 Å². The maximum Gasteiger partial charge on any atom is 0.304 e. The molecule has 0 aromatic heterocycles. The first-order valence-electron chi connectivity index (χ1n) is 13.9. The van der Waals surface area contributed by atoms with E-state index in [1.54, 1.807) is 11.1 Å². The number of nitrogens with one attached hydrogen (secondary N) is 1. The van der Waals surface area contributed by atoms with Crippen LogP contribution in [0.4, 0.5) is 0 Å². The number of aliphatic imine (C=N–C) groups is 2. The van der Waals surface area contributed by atoms with Gasteiger partial charge in [0.1, 0.15) is 5.75 Å². The van der Waals surface area contributed by atoms with E-state index >= 15 is 0 Å². The summed E-state index contributed by atoms with van der Waals surface area (Å²) in [5, 5.41) is 15.7. The van der Waals surface area contributed by atoms with Crippen LogP contribution in [0, 0.1) is 5.92 Å². The lowest BCUT2D eigenvalue weighted by Crippen LogP contribution is -2.37. The van der Waals surface area contributed by atoms with Gasteiger partial charge in [0.25, 0.3) is 0 Å². The van der Waals surface area contributed by atoms with Gasteiger partial charge in [0.2, 0.25) is 11.9 Å². The zero-order valence-corrected chi connectivity index (χ0v) is 24.2. The van der Waals surface area contributed by atoms with Gasteiger partial charge in [-0.3, -0.25) is 14.6 Å². The summed E-state index contributed by atoms with van der Waals surface area (Å²) in [6.45, 7) is 9.37. The number of azide groups is 1. The number of amides is 1. The Morgan fingerprint density at radius 3 is 2.57 bits per heavy atom. The van der Waals surface area contributed by atoms with E-state index in [2.05, 4.69) is 32.0 Å². The number of fused-ring (bicyclic) bond motifs is 1. The summed E-state index contributed by atoms with van der Waals surface area (Å²) < 4.78 is 22.3. The zero-order chi connectivity index (χ0) is 30.4. The third-order valence-corrected chi connectivity index (χ3v) is 6.10. The molecule has 0 saturated carbocycles. The highest BCUT2D eigenvalue weighted by Gasteiger charge is 2.31. The topological polar surface area (TPSA) is 180 Å². The molecule has 0 saturated heterocycles. The van der Waals surface area contributed by atoms with Crippen LogP contribution in [0.2, 0.25) is 0 Å². The number of carbonyl (C=O) groups excluding carboxylic acids is 1. The van der Waals surface area contributed by atoms with E-state index in [0.717, 1.165) is 11.1 Å². The second-order valence-electron chi connectivity index (χ2n) is 9.19. The summed E-state index contributed by atoms with van der Waals surface area (Å²) in [4.78, 5) is 37.2. The number of allylic oxidation sites excluding steroid dienone is 1. The molecule has 1 aromatic carbocycles. The molecular formula is C28H41N7O7. The first-order valence-corrected chi connectivity index (χ1v) is 13.9. The van der Waals surface area contributed by atoms with Crippen molar-refractivity contribution in [1.29, 1.82) is 0 Å². The van der Waals surface area contributed by atoms with Gasteiger partial charge in [-0.05, 0) is 55.1 Å². The number of nitrogens with zero attached hydrogens (tertiary/aromatic N) is 6. The molecule has 14 nitrogen and oxygen atoms in total. The van der Waals surface area contributed by atoms with Crippen LogP contribution in [0.3, 0.4) is 0 Å². The Hall–Kier alpha value is -3.97. The molecule has 0 unspecified atom stereocenters. The smallest absolute Gasteiger partial charge is 0.304 e. The minimum atomic E-state index is -1.01. The molecule has 230 valence electrons. The Bertz CT molecular complexity index is 1110. The van der Waals surface area contributed by atoms with E-state index in [1.165, 1.54) is 0 Å². The Kier molecular flexibility index (Phi) is 17.0. The lowest BCUT2D eigenvalue weighted by Gasteiger charge is -2.24. The van der Waals surface area contributed by atoms with Crippen molar-refractivity contribution in [2.45, 2.75) is 32.7 Å². The van der Waals surface area contributed by atoms with Crippen molar-refractivity contribution in [2.75, 3.05) is 65.9 Å². The molecule has 1 aliphatic heterocycles. The largest absolute Gasteiger partial charge is 0.494 e. The Labute approximate surface area is 246 Å². The minimum Gasteiger partial charge on any atom is -0.494 e. The van der Waals surface area contributed by atoms with Gasteiger partial charge in [0.05, 0.1) is 58.6 Å². The normalized spacial score (nSPS) is 15.2. The number of hydrogen-bond donors (Lipinski definition) is 2. The van der Waals surface area contributed by atoms with E-state index in [0.29, 0.717) is 83.8 Å². The highest BCUT2D eigenvalue weighted by molar-refractivity contribution is 5.85. The fourth-order valence-electron chi connectivity index (χ4n) is 4.10. The molecule has 1 amide bonds. The highest BCUT2D eigenvalue weighted by atomic mass is 16.5. The molecule has 1 aliphatic rings. The number of carbonyl (C=O) groups is 2. The number of ether oxygens (including phenoxy) is 4. The molecule has 14 heteroatoms. The van der Waals surface area contributed by atoms with Crippen molar-refractivity contribution in [2.24, 2.45) is 21.0 Å². The first-order chi connectivity index (χ1) is 20.5. The van der Waals surface area contributed by atoms with E-state index in [9.17, 15) is 14.7 Å². The molecule has 1 heterocycles. The SMILES string of the molecule is C=NC(=NCCCOc1ccc2c(c1)CN(CCOCCOCCOCCN=[N+]=[N-])C(=O)[C@H](CC(=O)O)C2)N/C=C\C. The van der Waals surface area contributed by atoms with Gasteiger partial charge in [-0.15, -0.1) is 0 Å². The predicted molar refractivity (Wildman–Crippen MR) is 158 cm³/mol. The summed E-state index contributed by atoms with van der Waals surface area (Å²) in [5.74, 6) is -0.749. The number of rotatable bonds is 20. The lowest BCUT2D eigenvalue weighted by molar-refractivity contribution is -0.145. The Balaban J connectivity index is 1.86.